The van der Waals surface area contributed by atoms with Crippen LogP contribution in [0.2, 0.25) is 5.02 Å². The van der Waals surface area contributed by atoms with Crippen molar-refractivity contribution in [3.05, 3.63) is 75.4 Å². The molecule has 2 aromatic carbocycles. The SMILES string of the molecule is Cc1cc(OCC(=O)Nc2ccccc2-n2ncc3c(=O)[nH]cnc32)c(C(C)C)cc1Cl. The molecule has 2 N–H and O–H groups in total. The van der Waals surface area contributed by atoms with Crippen molar-refractivity contribution in [3.8, 4) is 11.4 Å². The molecule has 0 bridgehead atoms. The maximum absolute atomic E-state index is 12.7. The summed E-state index contributed by atoms with van der Waals surface area (Å²) >= 11 is 6.25. The largest absolute Gasteiger partial charge is 0.483 e. The van der Waals surface area contributed by atoms with Gasteiger partial charge in [-0.1, -0.05) is 37.6 Å². The molecule has 0 unspecified atom stereocenters. The summed E-state index contributed by atoms with van der Waals surface area (Å²) in [6.07, 6.45) is 2.76. The van der Waals surface area contributed by atoms with Crippen LogP contribution in [0, 0.1) is 6.92 Å². The van der Waals surface area contributed by atoms with Gasteiger partial charge in [0.2, 0.25) is 0 Å². The normalized spacial score (nSPS) is 11.2. The number of carbonyl (C=O) groups is 1. The summed E-state index contributed by atoms with van der Waals surface area (Å²) in [6, 6.07) is 10.9. The molecular formula is C23H22ClN5O3. The van der Waals surface area contributed by atoms with E-state index in [-0.39, 0.29) is 24.0 Å². The summed E-state index contributed by atoms with van der Waals surface area (Å²) in [6.45, 7) is 5.80. The number of halogens is 1. The van der Waals surface area contributed by atoms with Crippen molar-refractivity contribution in [2.24, 2.45) is 0 Å². The van der Waals surface area contributed by atoms with Gasteiger partial charge in [0, 0.05) is 5.02 Å². The van der Waals surface area contributed by atoms with E-state index in [9.17, 15) is 9.59 Å². The molecule has 0 saturated heterocycles. The Balaban J connectivity index is 1.56. The van der Waals surface area contributed by atoms with Crippen LogP contribution in [-0.2, 0) is 4.79 Å². The van der Waals surface area contributed by atoms with Gasteiger partial charge in [0.25, 0.3) is 11.5 Å². The van der Waals surface area contributed by atoms with Crippen molar-refractivity contribution in [2.45, 2.75) is 26.7 Å². The number of amides is 1. The zero-order valence-electron chi connectivity index (χ0n) is 17.8. The van der Waals surface area contributed by atoms with Crippen LogP contribution in [0.15, 0.2) is 53.7 Å². The van der Waals surface area contributed by atoms with E-state index in [0.29, 0.717) is 33.2 Å². The van der Waals surface area contributed by atoms with Crippen molar-refractivity contribution in [1.82, 2.24) is 19.7 Å². The third-order valence-corrected chi connectivity index (χ3v) is 5.46. The fourth-order valence-corrected chi connectivity index (χ4v) is 3.54. The summed E-state index contributed by atoms with van der Waals surface area (Å²) in [5.74, 6) is 0.490. The average molecular weight is 452 g/mol. The number of rotatable bonds is 6. The second-order valence-corrected chi connectivity index (χ2v) is 8.08. The van der Waals surface area contributed by atoms with Crippen LogP contribution in [0.3, 0.4) is 0 Å². The summed E-state index contributed by atoms with van der Waals surface area (Å²) < 4.78 is 7.35. The molecule has 0 aliphatic heterocycles. The number of para-hydroxylation sites is 2. The monoisotopic (exact) mass is 451 g/mol. The molecule has 8 nitrogen and oxygen atoms in total. The number of hydrogen-bond acceptors (Lipinski definition) is 5. The Morgan fingerprint density at radius 3 is 2.84 bits per heavy atom. The van der Waals surface area contributed by atoms with Crippen molar-refractivity contribution < 1.29 is 9.53 Å². The number of anilines is 1. The van der Waals surface area contributed by atoms with E-state index in [4.69, 9.17) is 16.3 Å². The number of aromatic amines is 1. The first-order valence-corrected chi connectivity index (χ1v) is 10.5. The van der Waals surface area contributed by atoms with Crippen molar-refractivity contribution in [2.75, 3.05) is 11.9 Å². The predicted molar refractivity (Wildman–Crippen MR) is 124 cm³/mol. The molecule has 0 spiro atoms. The Bertz CT molecular complexity index is 1360. The van der Waals surface area contributed by atoms with Gasteiger partial charge < -0.3 is 15.0 Å². The molecule has 1 amide bonds. The second-order valence-electron chi connectivity index (χ2n) is 7.67. The zero-order valence-corrected chi connectivity index (χ0v) is 18.6. The molecule has 164 valence electrons. The fourth-order valence-electron chi connectivity index (χ4n) is 3.37. The summed E-state index contributed by atoms with van der Waals surface area (Å²) in [7, 11) is 0. The standard InChI is InChI=1S/C23H22ClN5O3/c1-13(2)15-9-17(24)14(3)8-20(15)32-11-21(30)28-18-6-4-5-7-19(18)29-22-16(10-27-29)23(31)26-12-25-22/h4-10,12-13H,11H2,1-3H3,(H,28,30)(H,25,26,31). The lowest BCUT2D eigenvalue weighted by Gasteiger charge is -2.16. The van der Waals surface area contributed by atoms with Gasteiger partial charge in [0.1, 0.15) is 11.1 Å². The van der Waals surface area contributed by atoms with E-state index in [1.54, 1.807) is 18.2 Å². The van der Waals surface area contributed by atoms with E-state index in [1.807, 2.05) is 39.0 Å². The smallest absolute Gasteiger partial charge is 0.262 e. The lowest BCUT2D eigenvalue weighted by Crippen LogP contribution is -2.21. The van der Waals surface area contributed by atoms with E-state index in [1.165, 1.54) is 17.2 Å². The van der Waals surface area contributed by atoms with E-state index < -0.39 is 0 Å². The van der Waals surface area contributed by atoms with Crippen LogP contribution in [0.1, 0.15) is 30.9 Å². The Morgan fingerprint density at radius 1 is 1.28 bits per heavy atom. The van der Waals surface area contributed by atoms with Gasteiger partial charge in [0.15, 0.2) is 12.3 Å². The van der Waals surface area contributed by atoms with Crippen molar-refractivity contribution in [1.29, 1.82) is 0 Å². The minimum absolute atomic E-state index is 0.174. The number of H-pyrrole nitrogens is 1. The molecule has 0 aliphatic rings. The number of hydrogen-bond donors (Lipinski definition) is 2. The molecule has 0 fully saturated rings. The number of aromatic nitrogens is 4. The van der Waals surface area contributed by atoms with Crippen molar-refractivity contribution in [3.63, 3.8) is 0 Å². The Kier molecular flexibility index (Phi) is 5.96. The minimum Gasteiger partial charge on any atom is -0.483 e. The summed E-state index contributed by atoms with van der Waals surface area (Å²) in [5.41, 5.74) is 3.03. The molecule has 0 atom stereocenters. The molecular weight excluding hydrogens is 430 g/mol. The first kappa shape index (κ1) is 21.6. The highest BCUT2D eigenvalue weighted by Gasteiger charge is 2.16. The molecule has 0 saturated carbocycles. The molecule has 4 rings (SSSR count). The van der Waals surface area contributed by atoms with Crippen LogP contribution < -0.4 is 15.6 Å². The maximum Gasteiger partial charge on any atom is 0.262 e. The first-order valence-electron chi connectivity index (χ1n) is 10.1. The number of nitrogens with zero attached hydrogens (tertiary/aromatic N) is 3. The Morgan fingerprint density at radius 2 is 2.06 bits per heavy atom. The van der Waals surface area contributed by atoms with Crippen LogP contribution in [0.5, 0.6) is 5.75 Å². The van der Waals surface area contributed by atoms with Gasteiger partial charge in [-0.2, -0.15) is 5.10 Å². The van der Waals surface area contributed by atoms with E-state index in [2.05, 4.69) is 20.4 Å². The maximum atomic E-state index is 12.7. The zero-order chi connectivity index (χ0) is 22.8. The minimum atomic E-state index is -0.331. The third-order valence-electron chi connectivity index (χ3n) is 5.05. The van der Waals surface area contributed by atoms with Gasteiger partial charge in [-0.15, -0.1) is 0 Å². The van der Waals surface area contributed by atoms with Gasteiger partial charge >= 0.3 is 0 Å². The first-order chi connectivity index (χ1) is 15.3. The van der Waals surface area contributed by atoms with Crippen LogP contribution in [-0.4, -0.2) is 32.3 Å². The molecule has 0 radical (unpaired) electrons. The van der Waals surface area contributed by atoms with E-state index in [0.717, 1.165) is 11.1 Å². The quantitative estimate of drug-likeness (QED) is 0.457. The molecule has 9 heteroatoms. The summed E-state index contributed by atoms with van der Waals surface area (Å²) in [4.78, 5) is 31.4. The number of carbonyl (C=O) groups excluding carboxylic acids is 1. The molecule has 32 heavy (non-hydrogen) atoms. The lowest BCUT2D eigenvalue weighted by molar-refractivity contribution is -0.118. The van der Waals surface area contributed by atoms with E-state index >= 15 is 0 Å². The van der Waals surface area contributed by atoms with Crippen molar-refractivity contribution >= 4 is 34.2 Å². The Hall–Kier alpha value is -3.65. The number of benzene rings is 2. The van der Waals surface area contributed by atoms with Gasteiger partial charge in [0.05, 0.1) is 23.9 Å². The van der Waals surface area contributed by atoms with Crippen LogP contribution >= 0.6 is 11.6 Å². The number of fused-ring (bicyclic) bond motifs is 1. The lowest BCUT2D eigenvalue weighted by atomic mass is 10.0. The molecule has 0 aliphatic carbocycles. The van der Waals surface area contributed by atoms with Gasteiger partial charge in [-0.25, -0.2) is 9.67 Å². The second kappa shape index (κ2) is 8.84. The predicted octanol–water partition coefficient (Wildman–Crippen LogP) is 4.21. The number of aryl methyl sites for hydroxylation is 1. The highest BCUT2D eigenvalue weighted by atomic mass is 35.5. The van der Waals surface area contributed by atoms with Crippen LogP contribution in [0.25, 0.3) is 16.7 Å². The number of ether oxygens (including phenoxy) is 1. The summed E-state index contributed by atoms with van der Waals surface area (Å²) in [5, 5.41) is 8.16. The number of nitrogens with one attached hydrogen (secondary N) is 2. The highest BCUT2D eigenvalue weighted by Crippen LogP contribution is 2.32. The molecule has 2 heterocycles. The highest BCUT2D eigenvalue weighted by molar-refractivity contribution is 6.31. The van der Waals surface area contributed by atoms with Crippen LogP contribution in [0.4, 0.5) is 5.69 Å². The van der Waals surface area contributed by atoms with Gasteiger partial charge in [-0.05, 0) is 48.2 Å². The molecule has 4 aromatic rings. The van der Waals surface area contributed by atoms with Gasteiger partial charge in [-0.3, -0.25) is 9.59 Å². The third kappa shape index (κ3) is 4.22. The Labute approximate surface area is 189 Å². The fraction of sp³-hybridized carbons (Fsp3) is 0.217. The molecule has 2 aromatic heterocycles. The topological polar surface area (TPSA) is 102 Å². The average Bonchev–Trinajstić information content (AvgIpc) is 3.20.